The molecule has 4 fully saturated rings. The van der Waals surface area contributed by atoms with Crippen LogP contribution in [-0.4, -0.2) is 43.2 Å². The minimum Gasteiger partial charge on any atom is -0.350 e. The third-order valence-corrected chi connectivity index (χ3v) is 7.02. The van der Waals surface area contributed by atoms with Crippen molar-refractivity contribution in [3.8, 4) is 0 Å². The van der Waals surface area contributed by atoms with Gasteiger partial charge in [0, 0.05) is 0 Å². The summed E-state index contributed by atoms with van der Waals surface area (Å²) in [5.74, 6) is 0.801. The number of anilines is 1. The van der Waals surface area contributed by atoms with Crippen molar-refractivity contribution < 1.29 is 22.7 Å². The van der Waals surface area contributed by atoms with E-state index in [4.69, 9.17) is 11.6 Å². The molecular formula is C19H22ClF3N6O2. The Bertz CT molecular complexity index is 975. The molecule has 4 aliphatic carbocycles. The molecular weight excluding hydrogens is 437 g/mol. The molecule has 4 bridgehead atoms. The topological polar surface area (TPSA) is 86.9 Å². The number of halogens is 4. The molecule has 2 aromatic heterocycles. The zero-order valence-electron chi connectivity index (χ0n) is 16.6. The van der Waals surface area contributed by atoms with E-state index in [0.717, 1.165) is 32.1 Å². The average molecular weight is 459 g/mol. The number of rotatable bonds is 6. The first-order chi connectivity index (χ1) is 14.6. The molecule has 12 heteroatoms. The predicted molar refractivity (Wildman–Crippen MR) is 103 cm³/mol. The number of ether oxygens (including phenoxy) is 1. The van der Waals surface area contributed by atoms with Crippen LogP contribution in [-0.2, 0) is 21.8 Å². The molecule has 0 saturated heterocycles. The fraction of sp³-hybridized carbons (Fsp3) is 0.684. The quantitative estimate of drug-likeness (QED) is 0.714. The summed E-state index contributed by atoms with van der Waals surface area (Å²) in [6.45, 7) is -1.70. The molecule has 0 aromatic carbocycles. The summed E-state index contributed by atoms with van der Waals surface area (Å²) < 4.78 is 44.3. The summed E-state index contributed by atoms with van der Waals surface area (Å²) in [5.41, 5.74) is -0.330. The van der Waals surface area contributed by atoms with Crippen LogP contribution in [0.5, 0.6) is 0 Å². The number of hydrogen-bond donors (Lipinski definition) is 1. The number of nitrogens with one attached hydrogen (secondary N) is 1. The summed E-state index contributed by atoms with van der Waals surface area (Å²) in [4.78, 5) is 17.5. The fourth-order valence-electron chi connectivity index (χ4n) is 6.24. The van der Waals surface area contributed by atoms with Crippen LogP contribution >= 0.6 is 11.6 Å². The van der Waals surface area contributed by atoms with Crippen LogP contribution in [0, 0.1) is 17.3 Å². The van der Waals surface area contributed by atoms with E-state index in [9.17, 15) is 18.0 Å². The van der Waals surface area contributed by atoms with E-state index >= 15 is 0 Å². The molecule has 2 aromatic rings. The number of aromatic nitrogens is 5. The summed E-state index contributed by atoms with van der Waals surface area (Å²) in [5, 5.41) is 11.5. The molecule has 2 atom stereocenters. The highest BCUT2D eigenvalue weighted by molar-refractivity contribution is 6.28. The minimum atomic E-state index is -4.40. The van der Waals surface area contributed by atoms with Crippen molar-refractivity contribution in [2.24, 2.45) is 17.3 Å². The third-order valence-electron chi connectivity index (χ3n) is 6.84. The van der Waals surface area contributed by atoms with Gasteiger partial charge in [0.25, 0.3) is 0 Å². The van der Waals surface area contributed by atoms with Crippen molar-refractivity contribution in [1.29, 1.82) is 0 Å². The van der Waals surface area contributed by atoms with Gasteiger partial charge in [0.15, 0.2) is 0 Å². The Morgan fingerprint density at radius 1 is 1.29 bits per heavy atom. The number of carbonyl (C=O) groups excluding carboxylic acids is 1. The molecule has 2 unspecified atom stereocenters. The lowest BCUT2D eigenvalue weighted by molar-refractivity contribution is -0.182. The molecule has 4 saturated carbocycles. The summed E-state index contributed by atoms with van der Waals surface area (Å²) >= 11 is 5.96. The van der Waals surface area contributed by atoms with Crippen LogP contribution in [0.4, 0.5) is 18.9 Å². The fourth-order valence-corrected chi connectivity index (χ4v) is 6.36. The van der Waals surface area contributed by atoms with Crippen LogP contribution in [0.2, 0.25) is 5.28 Å². The maximum atomic E-state index is 13.4. The van der Waals surface area contributed by atoms with E-state index in [0.29, 0.717) is 23.9 Å². The lowest BCUT2D eigenvalue weighted by Crippen LogP contribution is -2.60. The van der Waals surface area contributed by atoms with Crippen molar-refractivity contribution in [2.75, 3.05) is 11.9 Å². The molecule has 8 nitrogen and oxygen atoms in total. The standard InChI is InChI=1S/C19H22ClF3N6O2/c20-16-24-10-29(27-16)18-4-12-1-13(5-18)3-17(2-12,8-18)15(30)26-14-6-25-28(7-14)11-31-9-19(21,22)23/h6-7,10,12-13H,1-5,8-9,11H2,(H,26,30). The Morgan fingerprint density at radius 2 is 2.03 bits per heavy atom. The molecule has 168 valence electrons. The van der Waals surface area contributed by atoms with Gasteiger partial charge in [-0.25, -0.2) is 14.3 Å². The zero-order chi connectivity index (χ0) is 21.9. The smallest absolute Gasteiger partial charge is 0.350 e. The predicted octanol–water partition coefficient (Wildman–Crippen LogP) is 3.60. The second kappa shape index (κ2) is 7.19. The maximum absolute atomic E-state index is 13.4. The van der Waals surface area contributed by atoms with E-state index in [1.54, 1.807) is 6.33 Å². The van der Waals surface area contributed by atoms with Gasteiger partial charge in [-0.1, -0.05) is 0 Å². The number of hydrogen-bond acceptors (Lipinski definition) is 5. The molecule has 0 radical (unpaired) electrons. The lowest BCUT2D eigenvalue weighted by Gasteiger charge is -2.60. The van der Waals surface area contributed by atoms with Gasteiger partial charge < -0.3 is 10.1 Å². The van der Waals surface area contributed by atoms with E-state index in [-0.39, 0.29) is 23.5 Å². The highest BCUT2D eigenvalue weighted by Crippen LogP contribution is 2.64. The molecule has 31 heavy (non-hydrogen) atoms. The first kappa shape index (κ1) is 20.7. The molecule has 0 spiro atoms. The van der Waals surface area contributed by atoms with E-state index in [1.165, 1.54) is 17.1 Å². The van der Waals surface area contributed by atoms with Crippen LogP contribution in [0.15, 0.2) is 18.7 Å². The van der Waals surface area contributed by atoms with Gasteiger partial charge in [0.2, 0.25) is 11.2 Å². The van der Waals surface area contributed by atoms with E-state index < -0.39 is 18.2 Å². The Kier molecular flexibility index (Phi) is 4.81. The highest BCUT2D eigenvalue weighted by Gasteiger charge is 2.61. The normalized spacial score (nSPS) is 31.9. The highest BCUT2D eigenvalue weighted by atomic mass is 35.5. The maximum Gasteiger partial charge on any atom is 0.411 e. The SMILES string of the molecule is O=C(Nc1cnn(COCC(F)(F)F)c1)C12CC3CC(C1)CC(n1cnc(Cl)n1)(C3)C2. The van der Waals surface area contributed by atoms with E-state index in [1.807, 2.05) is 4.68 Å². The number of carbonyl (C=O) groups is 1. The Balaban J connectivity index is 1.30. The van der Waals surface area contributed by atoms with Gasteiger partial charge in [-0.05, 0) is 62.0 Å². The molecule has 4 aliphatic rings. The minimum absolute atomic E-state index is 0.0760. The van der Waals surface area contributed by atoms with Crippen molar-refractivity contribution >= 4 is 23.2 Å². The van der Waals surface area contributed by atoms with Gasteiger partial charge in [-0.15, -0.1) is 5.10 Å². The van der Waals surface area contributed by atoms with Crippen LogP contribution in [0.25, 0.3) is 0 Å². The van der Waals surface area contributed by atoms with Crippen molar-refractivity contribution in [1.82, 2.24) is 24.5 Å². The van der Waals surface area contributed by atoms with Crippen LogP contribution in [0.3, 0.4) is 0 Å². The van der Waals surface area contributed by atoms with Crippen molar-refractivity contribution in [3.63, 3.8) is 0 Å². The summed E-state index contributed by atoms with van der Waals surface area (Å²) in [7, 11) is 0. The van der Waals surface area contributed by atoms with Crippen LogP contribution in [0.1, 0.15) is 38.5 Å². The lowest BCUT2D eigenvalue weighted by atomic mass is 9.46. The number of amides is 1. The van der Waals surface area contributed by atoms with Gasteiger partial charge in [0.05, 0.1) is 29.0 Å². The Labute approximate surface area is 181 Å². The summed E-state index contributed by atoms with van der Waals surface area (Å²) in [6.07, 6.45) is 5.52. The Hall–Kier alpha value is -2.14. The van der Waals surface area contributed by atoms with Gasteiger partial charge in [-0.2, -0.15) is 18.3 Å². The van der Waals surface area contributed by atoms with Crippen LogP contribution < -0.4 is 5.32 Å². The van der Waals surface area contributed by atoms with Crippen molar-refractivity contribution in [2.45, 2.75) is 57.0 Å². The second-order valence-corrected chi connectivity index (χ2v) is 9.58. The first-order valence-electron chi connectivity index (χ1n) is 10.2. The molecule has 6 rings (SSSR count). The Morgan fingerprint density at radius 3 is 2.68 bits per heavy atom. The second-order valence-electron chi connectivity index (χ2n) is 9.24. The molecule has 0 aliphatic heterocycles. The average Bonchev–Trinajstić information content (AvgIpc) is 3.29. The molecule has 2 heterocycles. The largest absolute Gasteiger partial charge is 0.411 e. The number of nitrogens with zero attached hydrogens (tertiary/aromatic N) is 5. The number of alkyl halides is 3. The summed E-state index contributed by atoms with van der Waals surface area (Å²) in [6, 6.07) is 0. The monoisotopic (exact) mass is 458 g/mol. The molecule has 1 N–H and O–H groups in total. The van der Waals surface area contributed by atoms with Gasteiger partial charge >= 0.3 is 6.18 Å². The zero-order valence-corrected chi connectivity index (χ0v) is 17.4. The van der Waals surface area contributed by atoms with E-state index in [2.05, 4.69) is 25.2 Å². The van der Waals surface area contributed by atoms with Gasteiger partial charge in [0.1, 0.15) is 19.7 Å². The van der Waals surface area contributed by atoms with Gasteiger partial charge in [-0.3, -0.25) is 4.79 Å². The molecule has 1 amide bonds. The first-order valence-corrected chi connectivity index (χ1v) is 10.6. The van der Waals surface area contributed by atoms with Crippen molar-refractivity contribution in [3.05, 3.63) is 24.0 Å². The third kappa shape index (κ3) is 3.93.